The van der Waals surface area contributed by atoms with Crippen molar-refractivity contribution in [3.63, 3.8) is 0 Å². The predicted octanol–water partition coefficient (Wildman–Crippen LogP) is 1.62. The van der Waals surface area contributed by atoms with Crippen molar-refractivity contribution in [2.24, 2.45) is 0 Å². The molecule has 1 aromatic carbocycles. The first kappa shape index (κ1) is 23.2. The van der Waals surface area contributed by atoms with Gasteiger partial charge in [0.25, 0.3) is 5.91 Å². The van der Waals surface area contributed by atoms with Gasteiger partial charge in [-0.2, -0.15) is 0 Å². The van der Waals surface area contributed by atoms with Gasteiger partial charge in [-0.1, -0.05) is 6.07 Å². The zero-order valence-electron chi connectivity index (χ0n) is 20.3. The third-order valence-electron chi connectivity index (χ3n) is 7.30. The van der Waals surface area contributed by atoms with E-state index in [2.05, 4.69) is 36.1 Å². The lowest BCUT2D eigenvalue weighted by Crippen LogP contribution is -2.52. The molecule has 1 atom stereocenters. The molecule has 2 fully saturated rings. The van der Waals surface area contributed by atoms with E-state index in [9.17, 15) is 14.4 Å². The summed E-state index contributed by atoms with van der Waals surface area (Å²) in [5.41, 5.74) is 4.45. The van der Waals surface area contributed by atoms with E-state index in [0.717, 1.165) is 55.4 Å². The maximum absolute atomic E-state index is 13.0. The van der Waals surface area contributed by atoms with Gasteiger partial charge in [-0.25, -0.2) is 4.98 Å². The molecule has 10 heteroatoms. The second-order valence-electron chi connectivity index (χ2n) is 9.65. The second kappa shape index (κ2) is 9.70. The van der Waals surface area contributed by atoms with Crippen LogP contribution in [0, 0.1) is 0 Å². The van der Waals surface area contributed by atoms with Crippen LogP contribution in [-0.4, -0.2) is 74.7 Å². The molecule has 1 unspecified atom stereocenters. The Labute approximate surface area is 214 Å². The van der Waals surface area contributed by atoms with Gasteiger partial charge >= 0.3 is 0 Å². The van der Waals surface area contributed by atoms with Gasteiger partial charge in [0.1, 0.15) is 11.9 Å². The van der Waals surface area contributed by atoms with E-state index in [-0.39, 0.29) is 18.2 Å². The first-order valence-corrected chi connectivity index (χ1v) is 12.5. The van der Waals surface area contributed by atoms with Gasteiger partial charge in [0.2, 0.25) is 11.8 Å². The molecule has 5 heterocycles. The average Bonchev–Trinajstić information content (AvgIpc) is 3.25. The summed E-state index contributed by atoms with van der Waals surface area (Å²) in [6.45, 7) is 4.86. The molecule has 3 aliphatic heterocycles. The summed E-state index contributed by atoms with van der Waals surface area (Å²) in [6, 6.07) is 9.25. The third kappa shape index (κ3) is 4.67. The Balaban J connectivity index is 1.13. The molecule has 10 nitrogen and oxygen atoms in total. The minimum Gasteiger partial charge on any atom is -0.353 e. The van der Waals surface area contributed by atoms with E-state index in [4.69, 9.17) is 0 Å². The summed E-state index contributed by atoms with van der Waals surface area (Å²) in [6.07, 6.45) is 7.64. The van der Waals surface area contributed by atoms with Crippen molar-refractivity contribution in [1.29, 1.82) is 0 Å². The summed E-state index contributed by atoms with van der Waals surface area (Å²) in [4.78, 5) is 56.2. The fourth-order valence-electron chi connectivity index (χ4n) is 5.31. The Morgan fingerprint density at radius 2 is 1.81 bits per heavy atom. The van der Waals surface area contributed by atoms with Crippen molar-refractivity contribution < 1.29 is 14.4 Å². The molecule has 3 aromatic rings. The van der Waals surface area contributed by atoms with Gasteiger partial charge in [0.15, 0.2) is 0 Å². The average molecular weight is 498 g/mol. The lowest BCUT2D eigenvalue weighted by molar-refractivity contribution is -0.136. The van der Waals surface area contributed by atoms with E-state index >= 15 is 0 Å². The summed E-state index contributed by atoms with van der Waals surface area (Å²) in [7, 11) is 0. The van der Waals surface area contributed by atoms with Crippen LogP contribution in [0.3, 0.4) is 0 Å². The summed E-state index contributed by atoms with van der Waals surface area (Å²) in [5, 5.41) is 2.35. The minimum atomic E-state index is -0.614. The highest BCUT2D eigenvalue weighted by atomic mass is 16.2. The predicted molar refractivity (Wildman–Crippen MR) is 135 cm³/mol. The van der Waals surface area contributed by atoms with Gasteiger partial charge < -0.3 is 9.80 Å². The molecule has 0 bridgehead atoms. The number of benzene rings is 1. The van der Waals surface area contributed by atoms with Crippen LogP contribution in [0.25, 0.3) is 11.3 Å². The SMILES string of the molecule is O=C1CCC(N2Cc3cc(-c4cc(CN5CCN(c6cnccn6)CC5)ccn4)ccc3C2=O)C(=O)N1. The van der Waals surface area contributed by atoms with Crippen LogP contribution in [0.5, 0.6) is 0 Å². The Bertz CT molecular complexity index is 1360. The molecular weight excluding hydrogens is 470 g/mol. The van der Waals surface area contributed by atoms with Crippen LogP contribution < -0.4 is 10.2 Å². The second-order valence-corrected chi connectivity index (χ2v) is 9.65. The molecule has 3 aliphatic rings. The van der Waals surface area contributed by atoms with Crippen molar-refractivity contribution in [2.45, 2.75) is 32.0 Å². The molecule has 188 valence electrons. The number of imide groups is 1. The highest BCUT2D eigenvalue weighted by Crippen LogP contribution is 2.31. The Morgan fingerprint density at radius 1 is 0.946 bits per heavy atom. The monoisotopic (exact) mass is 497 g/mol. The zero-order valence-corrected chi connectivity index (χ0v) is 20.3. The van der Waals surface area contributed by atoms with Gasteiger partial charge in [-0.05, 0) is 41.8 Å². The standard InChI is InChI=1S/C27H27N7O3/c35-25-4-3-23(26(36)31-25)34-17-20-14-19(1-2-21(20)27(34)37)22-13-18(5-6-29-22)16-32-9-11-33(12-10-32)24-15-28-7-8-30-24/h1-2,5-8,13-15,23H,3-4,9-12,16-17H2,(H,31,35,36). The fourth-order valence-corrected chi connectivity index (χ4v) is 5.31. The highest BCUT2D eigenvalue weighted by molar-refractivity contribution is 6.05. The number of nitrogens with one attached hydrogen (secondary N) is 1. The fraction of sp³-hybridized carbons (Fsp3) is 0.333. The maximum Gasteiger partial charge on any atom is 0.255 e. The smallest absolute Gasteiger partial charge is 0.255 e. The Morgan fingerprint density at radius 3 is 2.59 bits per heavy atom. The summed E-state index contributed by atoms with van der Waals surface area (Å²) >= 11 is 0. The van der Waals surface area contributed by atoms with Crippen molar-refractivity contribution in [2.75, 3.05) is 31.1 Å². The number of carbonyl (C=O) groups is 3. The van der Waals surface area contributed by atoms with E-state index in [1.807, 2.05) is 30.5 Å². The van der Waals surface area contributed by atoms with Crippen molar-refractivity contribution in [3.05, 3.63) is 71.8 Å². The number of piperazine rings is 1. The van der Waals surface area contributed by atoms with Gasteiger partial charge in [0, 0.05) is 75.4 Å². The Hall–Kier alpha value is -4.18. The van der Waals surface area contributed by atoms with E-state index in [1.165, 1.54) is 5.56 Å². The highest BCUT2D eigenvalue weighted by Gasteiger charge is 2.39. The van der Waals surface area contributed by atoms with Gasteiger partial charge in [-0.3, -0.25) is 34.6 Å². The number of aromatic nitrogens is 3. The minimum absolute atomic E-state index is 0.168. The number of rotatable bonds is 5. The topological polar surface area (TPSA) is 112 Å². The van der Waals surface area contributed by atoms with Crippen LogP contribution in [0.1, 0.15) is 34.3 Å². The number of pyridine rings is 1. The van der Waals surface area contributed by atoms with Crippen LogP contribution >= 0.6 is 0 Å². The lowest BCUT2D eigenvalue weighted by Gasteiger charge is -2.35. The van der Waals surface area contributed by atoms with Crippen LogP contribution in [0.4, 0.5) is 5.82 Å². The molecule has 2 saturated heterocycles. The molecule has 2 aromatic heterocycles. The summed E-state index contributed by atoms with van der Waals surface area (Å²) < 4.78 is 0. The molecule has 0 spiro atoms. The van der Waals surface area contributed by atoms with Crippen molar-refractivity contribution in [1.82, 2.24) is 30.1 Å². The molecular formula is C27H27N7O3. The number of fused-ring (bicyclic) bond motifs is 1. The van der Waals surface area contributed by atoms with Gasteiger partial charge in [0.05, 0.1) is 11.9 Å². The molecule has 6 rings (SSSR count). The van der Waals surface area contributed by atoms with Crippen molar-refractivity contribution in [3.8, 4) is 11.3 Å². The number of carbonyl (C=O) groups excluding carboxylic acids is 3. The summed E-state index contributed by atoms with van der Waals surface area (Å²) in [5.74, 6) is 0.0635. The molecule has 3 amide bonds. The maximum atomic E-state index is 13.0. The van der Waals surface area contributed by atoms with Crippen molar-refractivity contribution >= 4 is 23.5 Å². The van der Waals surface area contributed by atoms with E-state index in [0.29, 0.717) is 18.5 Å². The normalized spacial score (nSPS) is 20.2. The Kier molecular flexibility index (Phi) is 6.09. The molecule has 0 radical (unpaired) electrons. The quantitative estimate of drug-likeness (QED) is 0.530. The number of hydrogen-bond acceptors (Lipinski definition) is 8. The van der Waals surface area contributed by atoms with Crippen LogP contribution in [0.2, 0.25) is 0 Å². The molecule has 37 heavy (non-hydrogen) atoms. The first-order chi connectivity index (χ1) is 18.0. The number of anilines is 1. The molecule has 1 N–H and O–H groups in total. The van der Waals surface area contributed by atoms with E-state index in [1.54, 1.807) is 23.5 Å². The van der Waals surface area contributed by atoms with Crippen LogP contribution in [-0.2, 0) is 22.7 Å². The largest absolute Gasteiger partial charge is 0.353 e. The number of nitrogens with zero attached hydrogens (tertiary/aromatic N) is 6. The van der Waals surface area contributed by atoms with Gasteiger partial charge in [-0.15, -0.1) is 0 Å². The van der Waals surface area contributed by atoms with Crippen LogP contribution in [0.15, 0.2) is 55.1 Å². The number of amides is 3. The lowest BCUT2D eigenvalue weighted by atomic mass is 10.0. The van der Waals surface area contributed by atoms with E-state index < -0.39 is 11.9 Å². The molecule has 0 saturated carbocycles. The first-order valence-electron chi connectivity index (χ1n) is 12.5. The third-order valence-corrected chi connectivity index (χ3v) is 7.30. The molecule has 0 aliphatic carbocycles. The number of piperidine rings is 1. The number of hydrogen-bond donors (Lipinski definition) is 1. The zero-order chi connectivity index (χ0) is 25.4.